The molecule has 2 atom stereocenters. The van der Waals surface area contributed by atoms with Gasteiger partial charge in [0.25, 0.3) is 0 Å². The first kappa shape index (κ1) is 25.3. The Morgan fingerprint density at radius 1 is 0.771 bits per heavy atom. The summed E-state index contributed by atoms with van der Waals surface area (Å²) in [4.78, 5) is 49.2. The van der Waals surface area contributed by atoms with Crippen molar-refractivity contribution < 1.29 is 23.6 Å². The molecule has 0 saturated heterocycles. The van der Waals surface area contributed by atoms with Gasteiger partial charge in [0.1, 0.15) is 17.9 Å². The van der Waals surface area contributed by atoms with Gasteiger partial charge in [-0.05, 0) is 23.3 Å². The second-order valence-electron chi connectivity index (χ2n) is 8.15. The topological polar surface area (TPSA) is 118 Å². The number of carbonyl (C=O) groups excluding carboxylic acids is 4. The first-order valence-electron chi connectivity index (χ1n) is 11.0. The maximum atomic E-state index is 13.5. The average molecular weight is 476 g/mol. The van der Waals surface area contributed by atoms with Crippen LogP contribution in [0.1, 0.15) is 34.0 Å². The van der Waals surface area contributed by atoms with Crippen molar-refractivity contribution in [2.45, 2.75) is 31.8 Å². The Balaban J connectivity index is 1.70. The van der Waals surface area contributed by atoms with E-state index in [0.29, 0.717) is 22.3 Å². The summed E-state index contributed by atoms with van der Waals surface area (Å²) in [5, 5.41) is 5.11. The number of rotatable bonds is 10. The molecule has 3 aromatic rings. The van der Waals surface area contributed by atoms with Crippen LogP contribution in [0.5, 0.6) is 0 Å². The zero-order chi connectivity index (χ0) is 25.4. The average Bonchev–Trinajstić information content (AvgIpc) is 2.83. The van der Waals surface area contributed by atoms with Crippen molar-refractivity contribution in [1.29, 1.82) is 0 Å². The molecule has 0 bridgehead atoms. The Morgan fingerprint density at radius 3 is 2.00 bits per heavy atom. The van der Waals surface area contributed by atoms with Crippen LogP contribution in [0.25, 0.3) is 0 Å². The number of benzene rings is 3. The minimum absolute atomic E-state index is 0.0327. The molecule has 3 rings (SSSR count). The number of amides is 3. The number of carbonyl (C=O) groups is 4. The van der Waals surface area contributed by atoms with Gasteiger partial charge in [0, 0.05) is 30.9 Å². The quantitative estimate of drug-likeness (QED) is 0.390. The monoisotopic (exact) mass is 475 g/mol. The molecule has 7 nitrogen and oxygen atoms in total. The molecule has 3 aromatic carbocycles. The van der Waals surface area contributed by atoms with Gasteiger partial charge in [-0.1, -0.05) is 66.7 Å². The van der Waals surface area contributed by atoms with Gasteiger partial charge in [-0.2, -0.15) is 0 Å². The highest BCUT2D eigenvalue weighted by atomic mass is 19.1. The van der Waals surface area contributed by atoms with E-state index in [1.807, 2.05) is 6.07 Å². The number of hydrogen-bond acceptors (Lipinski definition) is 4. The number of primary amides is 1. The van der Waals surface area contributed by atoms with Gasteiger partial charge in [0.2, 0.25) is 17.7 Å². The standard InChI is InChI=1S/C27H26FN3O4/c1-17(32)30-24(16-19-6-5-9-22(28)14-19)27(35)31-23(26(29)34)15-18-10-12-21(13-11-18)25(33)20-7-3-2-4-8-20/h2-14,23-24H,15-16H2,1H3,(H2,29,34)(H,30,32)(H,31,35)/t23-,24+/m0/s1. The van der Waals surface area contributed by atoms with Crippen molar-refractivity contribution in [3.63, 3.8) is 0 Å². The van der Waals surface area contributed by atoms with E-state index in [1.54, 1.807) is 54.6 Å². The van der Waals surface area contributed by atoms with Gasteiger partial charge in [0.15, 0.2) is 5.78 Å². The van der Waals surface area contributed by atoms with Gasteiger partial charge in [-0.15, -0.1) is 0 Å². The summed E-state index contributed by atoms with van der Waals surface area (Å²) < 4.78 is 13.5. The van der Waals surface area contributed by atoms with Gasteiger partial charge >= 0.3 is 0 Å². The minimum Gasteiger partial charge on any atom is -0.368 e. The van der Waals surface area contributed by atoms with E-state index < -0.39 is 35.6 Å². The van der Waals surface area contributed by atoms with Gasteiger partial charge < -0.3 is 16.4 Å². The number of ketones is 1. The molecule has 0 heterocycles. The third kappa shape index (κ3) is 7.33. The molecular formula is C27H26FN3O4. The summed E-state index contributed by atoms with van der Waals surface area (Å²) in [5.74, 6) is -2.42. The highest BCUT2D eigenvalue weighted by molar-refractivity contribution is 6.08. The van der Waals surface area contributed by atoms with E-state index in [4.69, 9.17) is 5.73 Å². The smallest absolute Gasteiger partial charge is 0.243 e. The van der Waals surface area contributed by atoms with Crippen molar-refractivity contribution in [3.8, 4) is 0 Å². The normalized spacial score (nSPS) is 12.3. The SMILES string of the molecule is CC(=O)N[C@H](Cc1cccc(F)c1)C(=O)N[C@@H](Cc1ccc(C(=O)c2ccccc2)cc1)C(N)=O. The van der Waals surface area contributed by atoms with Crippen LogP contribution in [-0.2, 0) is 27.2 Å². The zero-order valence-corrected chi connectivity index (χ0v) is 19.2. The summed E-state index contributed by atoms with van der Waals surface area (Å²) in [5.41, 5.74) is 7.75. The number of hydrogen-bond donors (Lipinski definition) is 3. The summed E-state index contributed by atoms with van der Waals surface area (Å²) >= 11 is 0. The summed E-state index contributed by atoms with van der Waals surface area (Å²) in [7, 11) is 0. The maximum absolute atomic E-state index is 13.5. The number of halogens is 1. The van der Waals surface area contributed by atoms with Crippen LogP contribution < -0.4 is 16.4 Å². The second-order valence-corrected chi connectivity index (χ2v) is 8.15. The van der Waals surface area contributed by atoms with E-state index in [1.165, 1.54) is 25.1 Å². The predicted octanol–water partition coefficient (Wildman–Crippen LogP) is 2.32. The van der Waals surface area contributed by atoms with Gasteiger partial charge in [0.05, 0.1) is 0 Å². The molecule has 0 aliphatic rings. The molecule has 0 fully saturated rings. The molecule has 8 heteroatoms. The number of nitrogens with one attached hydrogen (secondary N) is 2. The molecule has 0 aliphatic heterocycles. The lowest BCUT2D eigenvalue weighted by Crippen LogP contribution is -2.54. The Kier molecular flexibility index (Phi) is 8.45. The van der Waals surface area contributed by atoms with E-state index in [0.717, 1.165) is 0 Å². The molecule has 0 aromatic heterocycles. The van der Waals surface area contributed by atoms with Crippen LogP contribution in [0, 0.1) is 5.82 Å². The van der Waals surface area contributed by atoms with E-state index in [-0.39, 0.29) is 18.6 Å². The van der Waals surface area contributed by atoms with Gasteiger partial charge in [-0.25, -0.2) is 4.39 Å². The van der Waals surface area contributed by atoms with Crippen molar-refractivity contribution in [1.82, 2.24) is 10.6 Å². The molecule has 4 N–H and O–H groups in total. The van der Waals surface area contributed by atoms with Crippen molar-refractivity contribution in [2.24, 2.45) is 5.73 Å². The predicted molar refractivity (Wildman–Crippen MR) is 129 cm³/mol. The van der Waals surface area contributed by atoms with Crippen molar-refractivity contribution in [3.05, 3.63) is 107 Å². The van der Waals surface area contributed by atoms with Crippen LogP contribution >= 0.6 is 0 Å². The van der Waals surface area contributed by atoms with Crippen LogP contribution in [-0.4, -0.2) is 35.6 Å². The summed E-state index contributed by atoms with van der Waals surface area (Å²) in [6.07, 6.45) is 0.124. The third-order valence-corrected chi connectivity index (χ3v) is 5.37. The third-order valence-electron chi connectivity index (χ3n) is 5.37. The fraction of sp³-hybridized carbons (Fsp3) is 0.185. The molecule has 0 saturated carbocycles. The molecule has 180 valence electrons. The Morgan fingerprint density at radius 2 is 1.40 bits per heavy atom. The van der Waals surface area contributed by atoms with E-state index in [2.05, 4.69) is 10.6 Å². The van der Waals surface area contributed by atoms with Crippen LogP contribution in [0.2, 0.25) is 0 Å². The highest BCUT2D eigenvalue weighted by Gasteiger charge is 2.25. The second kappa shape index (κ2) is 11.7. The molecule has 0 unspecified atom stereocenters. The lowest BCUT2D eigenvalue weighted by Gasteiger charge is -2.22. The first-order chi connectivity index (χ1) is 16.7. The van der Waals surface area contributed by atoms with Crippen LogP contribution in [0.3, 0.4) is 0 Å². The molecule has 35 heavy (non-hydrogen) atoms. The van der Waals surface area contributed by atoms with Crippen LogP contribution in [0.15, 0.2) is 78.9 Å². The van der Waals surface area contributed by atoms with Crippen molar-refractivity contribution in [2.75, 3.05) is 0 Å². The lowest BCUT2D eigenvalue weighted by molar-refractivity contribution is -0.130. The molecular weight excluding hydrogens is 449 g/mol. The van der Waals surface area contributed by atoms with Crippen LogP contribution in [0.4, 0.5) is 4.39 Å². The Labute approximate surface area is 202 Å². The fourth-order valence-electron chi connectivity index (χ4n) is 3.63. The Bertz CT molecular complexity index is 1210. The molecule has 0 radical (unpaired) electrons. The first-order valence-corrected chi connectivity index (χ1v) is 11.0. The molecule has 0 spiro atoms. The van der Waals surface area contributed by atoms with E-state index >= 15 is 0 Å². The zero-order valence-electron chi connectivity index (χ0n) is 19.2. The van der Waals surface area contributed by atoms with Gasteiger partial charge in [-0.3, -0.25) is 19.2 Å². The molecule has 3 amide bonds. The van der Waals surface area contributed by atoms with E-state index in [9.17, 15) is 23.6 Å². The minimum atomic E-state index is -1.05. The highest BCUT2D eigenvalue weighted by Crippen LogP contribution is 2.13. The lowest BCUT2D eigenvalue weighted by atomic mass is 9.99. The summed E-state index contributed by atoms with van der Waals surface area (Å²) in [6.45, 7) is 1.26. The largest absolute Gasteiger partial charge is 0.368 e. The number of nitrogens with two attached hydrogens (primary N) is 1. The van der Waals surface area contributed by atoms with Crippen molar-refractivity contribution >= 4 is 23.5 Å². The fourth-order valence-corrected chi connectivity index (χ4v) is 3.63. The Hall–Kier alpha value is -4.33. The molecule has 0 aliphatic carbocycles. The maximum Gasteiger partial charge on any atom is 0.243 e. The summed E-state index contributed by atoms with van der Waals surface area (Å²) in [6, 6.07) is 19.1.